The van der Waals surface area contributed by atoms with Gasteiger partial charge in [-0.3, -0.25) is 4.79 Å². The monoisotopic (exact) mass is 390 g/mol. The van der Waals surface area contributed by atoms with Crippen LogP contribution >= 0.6 is 11.8 Å². The van der Waals surface area contributed by atoms with Crippen molar-refractivity contribution in [1.29, 1.82) is 0 Å². The van der Waals surface area contributed by atoms with Crippen LogP contribution in [0.5, 0.6) is 11.5 Å². The summed E-state index contributed by atoms with van der Waals surface area (Å²) in [4.78, 5) is 14.5. The lowest BCUT2D eigenvalue weighted by molar-refractivity contribution is -0.128. The van der Waals surface area contributed by atoms with E-state index >= 15 is 0 Å². The lowest BCUT2D eigenvalue weighted by Gasteiger charge is -2.21. The number of aromatic nitrogens is 3. The van der Waals surface area contributed by atoms with Gasteiger partial charge in [0.1, 0.15) is 5.82 Å². The number of carbonyl (C=O) groups excluding carboxylic acids is 1. The molecule has 0 saturated heterocycles. The van der Waals surface area contributed by atoms with E-state index in [4.69, 9.17) is 9.47 Å². The quantitative estimate of drug-likeness (QED) is 0.459. The standard InChI is InChI=1S/C19H26N4O3S/c1-6-10-23-14(3)20-21-19(23)27-13-18(24)22(7-2)12-15-8-9-16(25-4)17(11-15)26-5/h6,8-9,11H,1,7,10,12-13H2,2-5H3. The summed E-state index contributed by atoms with van der Waals surface area (Å²) in [5, 5.41) is 8.94. The van der Waals surface area contributed by atoms with E-state index in [9.17, 15) is 4.79 Å². The zero-order valence-corrected chi connectivity index (χ0v) is 17.1. The second-order valence-corrected chi connectivity index (χ2v) is 6.76. The Morgan fingerprint density at radius 1 is 1.30 bits per heavy atom. The van der Waals surface area contributed by atoms with E-state index in [0.29, 0.717) is 36.9 Å². The topological polar surface area (TPSA) is 69.5 Å². The Hall–Kier alpha value is -2.48. The molecule has 0 spiro atoms. The van der Waals surface area contributed by atoms with Gasteiger partial charge in [-0.15, -0.1) is 16.8 Å². The minimum atomic E-state index is 0.0445. The average Bonchev–Trinajstić information content (AvgIpc) is 3.04. The zero-order valence-electron chi connectivity index (χ0n) is 16.3. The molecule has 1 aromatic heterocycles. The molecule has 0 aliphatic heterocycles. The fraction of sp³-hybridized carbons (Fsp3) is 0.421. The van der Waals surface area contributed by atoms with Crippen molar-refractivity contribution in [2.45, 2.75) is 32.1 Å². The predicted molar refractivity (Wildman–Crippen MR) is 106 cm³/mol. The van der Waals surface area contributed by atoms with Gasteiger partial charge in [-0.1, -0.05) is 23.9 Å². The number of amides is 1. The molecular formula is C19H26N4O3S. The van der Waals surface area contributed by atoms with E-state index in [1.165, 1.54) is 11.8 Å². The Balaban J connectivity index is 2.03. The number of hydrogen-bond acceptors (Lipinski definition) is 6. The van der Waals surface area contributed by atoms with E-state index in [0.717, 1.165) is 16.5 Å². The van der Waals surface area contributed by atoms with E-state index in [1.54, 1.807) is 25.2 Å². The Morgan fingerprint density at radius 3 is 2.67 bits per heavy atom. The number of thioether (sulfide) groups is 1. The number of nitrogens with zero attached hydrogens (tertiary/aromatic N) is 4. The van der Waals surface area contributed by atoms with Crippen molar-refractivity contribution in [2.75, 3.05) is 26.5 Å². The second kappa shape index (κ2) is 10.0. The van der Waals surface area contributed by atoms with Crippen molar-refractivity contribution in [1.82, 2.24) is 19.7 Å². The summed E-state index contributed by atoms with van der Waals surface area (Å²) in [5.41, 5.74) is 0.985. The molecule has 8 heteroatoms. The number of rotatable bonds is 10. The van der Waals surface area contributed by atoms with Crippen LogP contribution in [-0.2, 0) is 17.9 Å². The van der Waals surface area contributed by atoms with Crippen molar-refractivity contribution in [3.8, 4) is 11.5 Å². The maximum Gasteiger partial charge on any atom is 0.233 e. The van der Waals surface area contributed by atoms with Crippen LogP contribution in [-0.4, -0.2) is 52.1 Å². The van der Waals surface area contributed by atoms with Crippen LogP contribution in [0.3, 0.4) is 0 Å². The number of benzene rings is 1. The number of aryl methyl sites for hydroxylation is 1. The van der Waals surface area contributed by atoms with Gasteiger partial charge >= 0.3 is 0 Å². The predicted octanol–water partition coefficient (Wildman–Crippen LogP) is 2.93. The smallest absolute Gasteiger partial charge is 0.233 e. The first-order chi connectivity index (χ1) is 13.0. The molecule has 0 aliphatic carbocycles. The minimum absolute atomic E-state index is 0.0445. The highest BCUT2D eigenvalue weighted by Crippen LogP contribution is 2.28. The molecule has 1 aromatic carbocycles. The SMILES string of the molecule is C=CCn1c(C)nnc1SCC(=O)N(CC)Cc1ccc(OC)c(OC)c1. The van der Waals surface area contributed by atoms with Gasteiger partial charge in [0.2, 0.25) is 5.91 Å². The molecule has 7 nitrogen and oxygen atoms in total. The molecule has 0 aliphatic rings. The second-order valence-electron chi connectivity index (χ2n) is 5.81. The molecular weight excluding hydrogens is 364 g/mol. The van der Waals surface area contributed by atoms with Crippen LogP contribution in [0.15, 0.2) is 36.0 Å². The Morgan fingerprint density at radius 2 is 2.04 bits per heavy atom. The molecule has 0 radical (unpaired) electrons. The summed E-state index contributed by atoms with van der Waals surface area (Å²) in [6, 6.07) is 5.68. The summed E-state index contributed by atoms with van der Waals surface area (Å²) in [6.07, 6.45) is 1.79. The van der Waals surface area contributed by atoms with E-state index in [1.807, 2.05) is 36.6 Å². The fourth-order valence-corrected chi connectivity index (χ4v) is 3.50. The molecule has 0 unspecified atom stereocenters. The van der Waals surface area contributed by atoms with Gasteiger partial charge < -0.3 is 18.9 Å². The molecule has 0 atom stereocenters. The lowest BCUT2D eigenvalue weighted by atomic mass is 10.2. The number of methoxy groups -OCH3 is 2. The zero-order chi connectivity index (χ0) is 19.8. The molecule has 0 bridgehead atoms. The number of carbonyl (C=O) groups is 1. The number of ether oxygens (including phenoxy) is 2. The molecule has 27 heavy (non-hydrogen) atoms. The average molecular weight is 391 g/mol. The van der Waals surface area contributed by atoms with Gasteiger partial charge in [0.25, 0.3) is 0 Å². The summed E-state index contributed by atoms with van der Waals surface area (Å²) >= 11 is 1.39. The van der Waals surface area contributed by atoms with Crippen molar-refractivity contribution in [3.05, 3.63) is 42.2 Å². The molecule has 0 fully saturated rings. The highest BCUT2D eigenvalue weighted by molar-refractivity contribution is 7.99. The van der Waals surface area contributed by atoms with E-state index < -0.39 is 0 Å². The molecule has 0 saturated carbocycles. The van der Waals surface area contributed by atoms with Crippen molar-refractivity contribution >= 4 is 17.7 Å². The van der Waals surface area contributed by atoms with Crippen LogP contribution < -0.4 is 9.47 Å². The molecule has 2 rings (SSSR count). The highest BCUT2D eigenvalue weighted by atomic mass is 32.2. The van der Waals surface area contributed by atoms with Crippen LogP contribution in [0.25, 0.3) is 0 Å². The van der Waals surface area contributed by atoms with Gasteiger partial charge in [-0.25, -0.2) is 0 Å². The minimum Gasteiger partial charge on any atom is -0.493 e. The normalized spacial score (nSPS) is 10.5. The van der Waals surface area contributed by atoms with Gasteiger partial charge in [0, 0.05) is 19.6 Å². The largest absolute Gasteiger partial charge is 0.493 e. The third-order valence-corrected chi connectivity index (χ3v) is 5.05. The third kappa shape index (κ3) is 5.26. The summed E-state index contributed by atoms with van der Waals surface area (Å²) in [7, 11) is 3.20. The van der Waals surface area contributed by atoms with E-state index in [-0.39, 0.29) is 5.91 Å². The summed E-state index contributed by atoms with van der Waals surface area (Å²) < 4.78 is 12.5. The van der Waals surface area contributed by atoms with Gasteiger partial charge in [0.15, 0.2) is 16.7 Å². The van der Waals surface area contributed by atoms with Crippen LogP contribution in [0.2, 0.25) is 0 Å². The van der Waals surface area contributed by atoms with Crippen LogP contribution in [0, 0.1) is 6.92 Å². The van der Waals surface area contributed by atoms with Gasteiger partial charge in [0.05, 0.1) is 20.0 Å². The molecule has 1 heterocycles. The Labute approximate surface area is 164 Å². The first-order valence-electron chi connectivity index (χ1n) is 8.66. The maximum absolute atomic E-state index is 12.7. The fourth-order valence-electron chi connectivity index (χ4n) is 2.60. The lowest BCUT2D eigenvalue weighted by Crippen LogP contribution is -2.31. The van der Waals surface area contributed by atoms with Crippen molar-refractivity contribution < 1.29 is 14.3 Å². The molecule has 146 valence electrons. The van der Waals surface area contributed by atoms with Gasteiger partial charge in [-0.05, 0) is 31.5 Å². The third-order valence-electron chi connectivity index (χ3n) is 4.09. The van der Waals surface area contributed by atoms with Gasteiger partial charge in [-0.2, -0.15) is 0 Å². The highest BCUT2D eigenvalue weighted by Gasteiger charge is 2.16. The Bertz CT molecular complexity index is 791. The molecule has 1 amide bonds. The first-order valence-corrected chi connectivity index (χ1v) is 9.64. The molecule has 2 aromatic rings. The Kier molecular flexibility index (Phi) is 7.72. The number of allylic oxidation sites excluding steroid dienone is 1. The van der Waals surface area contributed by atoms with Crippen LogP contribution in [0.1, 0.15) is 18.3 Å². The summed E-state index contributed by atoms with van der Waals surface area (Å²) in [5.74, 6) is 2.48. The first kappa shape index (κ1) is 20.8. The maximum atomic E-state index is 12.7. The summed E-state index contributed by atoms with van der Waals surface area (Å²) in [6.45, 7) is 9.35. The van der Waals surface area contributed by atoms with E-state index in [2.05, 4.69) is 16.8 Å². The van der Waals surface area contributed by atoms with Crippen molar-refractivity contribution in [2.24, 2.45) is 0 Å². The van der Waals surface area contributed by atoms with Crippen LogP contribution in [0.4, 0.5) is 0 Å². The number of hydrogen-bond donors (Lipinski definition) is 0. The van der Waals surface area contributed by atoms with Crippen molar-refractivity contribution in [3.63, 3.8) is 0 Å². The molecule has 0 N–H and O–H groups in total.